The van der Waals surface area contributed by atoms with E-state index in [1.54, 1.807) is 4.90 Å². The van der Waals surface area contributed by atoms with Crippen molar-refractivity contribution >= 4 is 11.8 Å². The van der Waals surface area contributed by atoms with Crippen LogP contribution >= 0.6 is 0 Å². The summed E-state index contributed by atoms with van der Waals surface area (Å²) in [5.41, 5.74) is 1.15. The third-order valence-corrected chi connectivity index (χ3v) is 4.18. The summed E-state index contributed by atoms with van der Waals surface area (Å²) < 4.78 is 5.53. The fourth-order valence-electron chi connectivity index (χ4n) is 2.73. The molecule has 1 saturated heterocycles. The minimum absolute atomic E-state index is 0.0105. The van der Waals surface area contributed by atoms with E-state index in [1.807, 2.05) is 31.2 Å². The van der Waals surface area contributed by atoms with Crippen LogP contribution in [-0.4, -0.2) is 41.9 Å². The van der Waals surface area contributed by atoms with Crippen molar-refractivity contribution in [2.45, 2.75) is 44.7 Å². The van der Waals surface area contributed by atoms with E-state index in [2.05, 4.69) is 5.32 Å². The van der Waals surface area contributed by atoms with Gasteiger partial charge in [0, 0.05) is 12.6 Å². The Hall–Kier alpha value is -2.04. The van der Waals surface area contributed by atoms with E-state index in [9.17, 15) is 9.59 Å². The Balaban J connectivity index is 1.53. The van der Waals surface area contributed by atoms with E-state index in [1.165, 1.54) is 0 Å². The summed E-state index contributed by atoms with van der Waals surface area (Å²) >= 11 is 0. The molecule has 2 amide bonds. The molecule has 1 heterocycles. The van der Waals surface area contributed by atoms with E-state index >= 15 is 0 Å². The molecule has 1 aromatic rings. The molecule has 0 aromatic heterocycles. The number of carbonyl (C=O) groups excluding carboxylic acids is 2. The molecule has 1 atom stereocenters. The van der Waals surface area contributed by atoms with Gasteiger partial charge in [-0.25, -0.2) is 0 Å². The van der Waals surface area contributed by atoms with Gasteiger partial charge in [0.25, 0.3) is 5.91 Å². The van der Waals surface area contributed by atoms with Crippen molar-refractivity contribution in [2.75, 3.05) is 13.2 Å². The second-order valence-corrected chi connectivity index (χ2v) is 6.13. The van der Waals surface area contributed by atoms with Crippen molar-refractivity contribution in [1.82, 2.24) is 10.2 Å². The van der Waals surface area contributed by atoms with Crippen LogP contribution in [0.1, 0.15) is 31.2 Å². The second-order valence-electron chi connectivity index (χ2n) is 6.13. The number of hydrogen-bond donors (Lipinski definition) is 1. The maximum Gasteiger partial charge on any atom is 0.261 e. The number of nitrogens with zero attached hydrogens (tertiary/aromatic N) is 1. The van der Waals surface area contributed by atoms with Gasteiger partial charge in [-0.3, -0.25) is 9.59 Å². The molecule has 1 aliphatic heterocycles. The molecule has 118 valence electrons. The van der Waals surface area contributed by atoms with Gasteiger partial charge < -0.3 is 15.0 Å². The van der Waals surface area contributed by atoms with Crippen LogP contribution in [0.25, 0.3) is 0 Å². The number of benzene rings is 1. The fraction of sp³-hybridized carbons (Fsp3) is 0.529. The quantitative estimate of drug-likeness (QED) is 0.899. The fourth-order valence-corrected chi connectivity index (χ4v) is 2.73. The van der Waals surface area contributed by atoms with Gasteiger partial charge in [-0.2, -0.15) is 0 Å². The molecule has 1 N–H and O–H groups in total. The highest BCUT2D eigenvalue weighted by Crippen LogP contribution is 2.22. The first-order chi connectivity index (χ1) is 10.6. The summed E-state index contributed by atoms with van der Waals surface area (Å²) in [5.74, 6) is 0.551. The van der Waals surface area contributed by atoms with Crippen LogP contribution in [0.4, 0.5) is 0 Å². The summed E-state index contributed by atoms with van der Waals surface area (Å²) in [6.45, 7) is 2.62. The van der Waals surface area contributed by atoms with Crippen molar-refractivity contribution in [1.29, 1.82) is 0 Å². The van der Waals surface area contributed by atoms with Crippen molar-refractivity contribution in [2.24, 2.45) is 0 Å². The van der Waals surface area contributed by atoms with Crippen LogP contribution in [0.15, 0.2) is 24.3 Å². The van der Waals surface area contributed by atoms with Gasteiger partial charge in [-0.05, 0) is 44.7 Å². The number of ether oxygens (including phenoxy) is 1. The van der Waals surface area contributed by atoms with E-state index in [-0.39, 0.29) is 24.5 Å². The number of carbonyl (C=O) groups is 2. The van der Waals surface area contributed by atoms with Gasteiger partial charge >= 0.3 is 0 Å². The zero-order valence-corrected chi connectivity index (χ0v) is 12.9. The van der Waals surface area contributed by atoms with E-state index in [4.69, 9.17) is 4.74 Å². The van der Waals surface area contributed by atoms with Crippen molar-refractivity contribution in [3.63, 3.8) is 0 Å². The smallest absolute Gasteiger partial charge is 0.261 e. The second kappa shape index (κ2) is 6.38. The average Bonchev–Trinajstić information content (AvgIpc) is 3.18. The Kier molecular flexibility index (Phi) is 4.32. The lowest BCUT2D eigenvalue weighted by atomic mass is 10.2. The number of nitrogens with one attached hydrogen (secondary N) is 1. The Morgan fingerprint density at radius 2 is 1.95 bits per heavy atom. The first-order valence-electron chi connectivity index (χ1n) is 7.93. The highest BCUT2D eigenvalue weighted by atomic mass is 16.5. The van der Waals surface area contributed by atoms with Crippen molar-refractivity contribution in [3.8, 4) is 5.75 Å². The topological polar surface area (TPSA) is 58.6 Å². The molecule has 1 saturated carbocycles. The van der Waals surface area contributed by atoms with Crippen LogP contribution in [0.3, 0.4) is 0 Å². The summed E-state index contributed by atoms with van der Waals surface area (Å²) in [5, 5.41) is 2.99. The van der Waals surface area contributed by atoms with E-state index in [0.29, 0.717) is 18.3 Å². The monoisotopic (exact) mass is 302 g/mol. The van der Waals surface area contributed by atoms with Gasteiger partial charge in [-0.1, -0.05) is 17.7 Å². The summed E-state index contributed by atoms with van der Waals surface area (Å²) in [6.07, 6.45) is 3.74. The Labute approximate surface area is 130 Å². The molecule has 22 heavy (non-hydrogen) atoms. The molecule has 0 spiro atoms. The standard InChI is InChI=1S/C17H22N2O3/c1-12-4-8-14(9-5-12)22-11-16(20)19-10-2-3-15(19)17(21)18-13-6-7-13/h4-5,8-9,13,15H,2-3,6-7,10-11H2,1H3,(H,18,21). The highest BCUT2D eigenvalue weighted by molar-refractivity contribution is 5.89. The van der Waals surface area contributed by atoms with Crippen LogP contribution in [-0.2, 0) is 9.59 Å². The first-order valence-corrected chi connectivity index (χ1v) is 7.93. The number of rotatable bonds is 5. The van der Waals surface area contributed by atoms with Crippen molar-refractivity contribution in [3.05, 3.63) is 29.8 Å². The van der Waals surface area contributed by atoms with Gasteiger partial charge in [0.15, 0.2) is 6.61 Å². The van der Waals surface area contributed by atoms with Gasteiger partial charge in [0.2, 0.25) is 5.91 Å². The summed E-state index contributed by atoms with van der Waals surface area (Å²) in [6, 6.07) is 7.60. The predicted molar refractivity (Wildman–Crippen MR) is 82.6 cm³/mol. The molecular formula is C17H22N2O3. The lowest BCUT2D eigenvalue weighted by Gasteiger charge is -2.24. The predicted octanol–water partition coefficient (Wildman–Crippen LogP) is 1.64. The molecule has 0 bridgehead atoms. The molecular weight excluding hydrogens is 280 g/mol. The van der Waals surface area contributed by atoms with E-state index < -0.39 is 0 Å². The van der Waals surface area contributed by atoms with Crippen molar-refractivity contribution < 1.29 is 14.3 Å². The minimum Gasteiger partial charge on any atom is -0.484 e. The number of aryl methyl sites for hydroxylation is 1. The van der Waals surface area contributed by atoms with Gasteiger partial charge in [-0.15, -0.1) is 0 Å². The zero-order valence-electron chi connectivity index (χ0n) is 12.9. The molecule has 0 radical (unpaired) electrons. The Morgan fingerprint density at radius 3 is 2.64 bits per heavy atom. The largest absolute Gasteiger partial charge is 0.484 e. The summed E-state index contributed by atoms with van der Waals surface area (Å²) in [7, 11) is 0. The van der Waals surface area contributed by atoms with Crippen LogP contribution in [0, 0.1) is 6.92 Å². The number of amides is 2. The van der Waals surface area contributed by atoms with Crippen LogP contribution < -0.4 is 10.1 Å². The third kappa shape index (κ3) is 3.59. The van der Waals surface area contributed by atoms with Gasteiger partial charge in [0.05, 0.1) is 0 Å². The molecule has 1 unspecified atom stereocenters. The van der Waals surface area contributed by atoms with Gasteiger partial charge in [0.1, 0.15) is 11.8 Å². The zero-order chi connectivity index (χ0) is 15.5. The maximum absolute atomic E-state index is 12.3. The Morgan fingerprint density at radius 1 is 1.23 bits per heavy atom. The number of likely N-dealkylation sites (tertiary alicyclic amines) is 1. The van der Waals surface area contributed by atoms with Crippen LogP contribution in [0.5, 0.6) is 5.75 Å². The summed E-state index contributed by atoms with van der Waals surface area (Å²) in [4.78, 5) is 26.2. The molecule has 2 aliphatic rings. The molecule has 5 nitrogen and oxygen atoms in total. The molecule has 2 fully saturated rings. The van der Waals surface area contributed by atoms with E-state index in [0.717, 1.165) is 31.2 Å². The molecule has 1 aliphatic carbocycles. The Bertz CT molecular complexity index is 552. The molecule has 5 heteroatoms. The highest BCUT2D eigenvalue weighted by Gasteiger charge is 2.36. The minimum atomic E-state index is -0.324. The SMILES string of the molecule is Cc1ccc(OCC(=O)N2CCCC2C(=O)NC2CC2)cc1. The number of hydrogen-bond acceptors (Lipinski definition) is 3. The average molecular weight is 302 g/mol. The van der Waals surface area contributed by atoms with Crippen LogP contribution in [0.2, 0.25) is 0 Å². The lowest BCUT2D eigenvalue weighted by Crippen LogP contribution is -2.47. The third-order valence-electron chi connectivity index (χ3n) is 4.18. The first kappa shape index (κ1) is 14.9. The molecule has 1 aromatic carbocycles. The molecule has 3 rings (SSSR count). The maximum atomic E-state index is 12.3. The lowest BCUT2D eigenvalue weighted by molar-refractivity contribution is -0.140. The normalized spacial score (nSPS) is 20.8.